The molecule has 1 aliphatic rings. The van der Waals surface area contributed by atoms with Gasteiger partial charge in [0.05, 0.1) is 6.61 Å². The number of nitrogens with one attached hydrogen (secondary N) is 1. The van der Waals surface area contributed by atoms with E-state index in [1.807, 2.05) is 14.0 Å². The Labute approximate surface area is 128 Å². The zero-order valence-corrected chi connectivity index (χ0v) is 13.8. The molecule has 0 aliphatic carbocycles. The second-order valence-corrected chi connectivity index (χ2v) is 6.28. The Morgan fingerprint density at radius 1 is 1.55 bits per heavy atom. The van der Waals surface area contributed by atoms with Gasteiger partial charge in [0.1, 0.15) is 5.75 Å². The quantitative estimate of drug-likeness (QED) is 0.893. The van der Waals surface area contributed by atoms with Crippen molar-refractivity contribution in [3.63, 3.8) is 0 Å². The first-order chi connectivity index (χ1) is 9.51. The van der Waals surface area contributed by atoms with Gasteiger partial charge in [0.25, 0.3) is 0 Å². The summed E-state index contributed by atoms with van der Waals surface area (Å²) in [7, 11) is 3.70. The molecule has 2 rings (SSSR count). The second-order valence-electron chi connectivity index (χ2n) is 5.36. The molecule has 0 saturated carbocycles. The molecule has 20 heavy (non-hydrogen) atoms. The van der Waals surface area contributed by atoms with Crippen molar-refractivity contribution in [1.29, 1.82) is 0 Å². The summed E-state index contributed by atoms with van der Waals surface area (Å²) < 4.78 is 6.82. The second kappa shape index (κ2) is 6.59. The molecule has 0 saturated heterocycles. The van der Waals surface area contributed by atoms with Gasteiger partial charge in [0.2, 0.25) is 5.91 Å². The first-order valence-electron chi connectivity index (χ1n) is 6.85. The van der Waals surface area contributed by atoms with E-state index in [2.05, 4.69) is 38.3 Å². The average molecular weight is 341 g/mol. The summed E-state index contributed by atoms with van der Waals surface area (Å²) in [6.45, 7) is 4.21. The van der Waals surface area contributed by atoms with Gasteiger partial charge < -0.3 is 15.0 Å². The number of rotatable bonds is 5. The van der Waals surface area contributed by atoms with E-state index in [-0.39, 0.29) is 11.8 Å². The van der Waals surface area contributed by atoms with Crippen LogP contribution in [0.25, 0.3) is 0 Å². The molecule has 1 amide bonds. The predicted octanol–water partition coefficient (Wildman–Crippen LogP) is 2.20. The molecule has 1 aromatic rings. The number of carbonyl (C=O) groups excluding carboxylic acids is 1. The maximum absolute atomic E-state index is 11.6. The summed E-state index contributed by atoms with van der Waals surface area (Å²) in [5, 5.41) is 2.69. The van der Waals surface area contributed by atoms with E-state index in [0.29, 0.717) is 0 Å². The van der Waals surface area contributed by atoms with Crippen molar-refractivity contribution in [2.24, 2.45) is 5.92 Å². The maximum Gasteiger partial charge on any atom is 0.223 e. The zero-order valence-electron chi connectivity index (χ0n) is 12.2. The number of fused-ring (bicyclic) bond motifs is 1. The van der Waals surface area contributed by atoms with E-state index in [9.17, 15) is 4.79 Å². The smallest absolute Gasteiger partial charge is 0.223 e. The highest BCUT2D eigenvalue weighted by Crippen LogP contribution is 2.33. The van der Waals surface area contributed by atoms with Crippen molar-refractivity contribution < 1.29 is 9.53 Å². The van der Waals surface area contributed by atoms with Gasteiger partial charge in [-0.1, -0.05) is 22.9 Å². The number of ether oxygens (including phenoxy) is 1. The fraction of sp³-hybridized carbons (Fsp3) is 0.533. The SMILES string of the molecule is CNC(=O)[C@H](C)CN(C)Cc1cc(Br)cc2c1OCC2. The normalized spacial score (nSPS) is 14.8. The highest BCUT2D eigenvalue weighted by molar-refractivity contribution is 9.10. The van der Waals surface area contributed by atoms with Crippen LogP contribution >= 0.6 is 15.9 Å². The van der Waals surface area contributed by atoms with Crippen molar-refractivity contribution in [2.45, 2.75) is 19.9 Å². The summed E-state index contributed by atoms with van der Waals surface area (Å²) in [5.74, 6) is 1.08. The van der Waals surface area contributed by atoms with Gasteiger partial charge in [-0.25, -0.2) is 0 Å². The van der Waals surface area contributed by atoms with Crippen LogP contribution < -0.4 is 10.1 Å². The van der Waals surface area contributed by atoms with Gasteiger partial charge in [0, 0.05) is 42.5 Å². The summed E-state index contributed by atoms with van der Waals surface area (Å²) in [6.07, 6.45) is 0.972. The largest absolute Gasteiger partial charge is 0.493 e. The Bertz CT molecular complexity index is 505. The minimum Gasteiger partial charge on any atom is -0.493 e. The van der Waals surface area contributed by atoms with E-state index in [1.54, 1.807) is 7.05 Å². The van der Waals surface area contributed by atoms with E-state index in [1.165, 1.54) is 11.1 Å². The molecule has 0 fully saturated rings. The van der Waals surface area contributed by atoms with Crippen LogP contribution in [-0.2, 0) is 17.8 Å². The molecule has 1 aliphatic heterocycles. The fourth-order valence-electron chi connectivity index (χ4n) is 2.62. The molecule has 4 nitrogen and oxygen atoms in total. The number of benzene rings is 1. The molecule has 5 heteroatoms. The van der Waals surface area contributed by atoms with Gasteiger partial charge in [0.15, 0.2) is 0 Å². The van der Waals surface area contributed by atoms with Crippen molar-refractivity contribution in [2.75, 3.05) is 27.2 Å². The molecule has 1 aromatic carbocycles. The lowest BCUT2D eigenvalue weighted by Gasteiger charge is -2.21. The Kier molecular flexibility index (Phi) is 5.05. The number of nitrogens with zero attached hydrogens (tertiary/aromatic N) is 1. The third kappa shape index (κ3) is 3.52. The molecule has 1 atom stereocenters. The van der Waals surface area contributed by atoms with Crippen molar-refractivity contribution in [1.82, 2.24) is 10.2 Å². The molecule has 1 N–H and O–H groups in total. The molecule has 0 radical (unpaired) electrons. The van der Waals surface area contributed by atoms with Crippen LogP contribution in [0.1, 0.15) is 18.1 Å². The molecule has 1 heterocycles. The van der Waals surface area contributed by atoms with Crippen LogP contribution in [0.3, 0.4) is 0 Å². The van der Waals surface area contributed by atoms with Crippen LogP contribution in [0.2, 0.25) is 0 Å². The van der Waals surface area contributed by atoms with Crippen LogP contribution in [0.4, 0.5) is 0 Å². The molecular formula is C15H21BrN2O2. The van der Waals surface area contributed by atoms with Crippen LogP contribution in [0, 0.1) is 5.92 Å². The van der Waals surface area contributed by atoms with Crippen LogP contribution in [0.5, 0.6) is 5.75 Å². The topological polar surface area (TPSA) is 41.6 Å². The number of amides is 1. The Balaban J connectivity index is 2.05. The number of hydrogen-bond donors (Lipinski definition) is 1. The highest BCUT2D eigenvalue weighted by atomic mass is 79.9. The molecule has 0 spiro atoms. The maximum atomic E-state index is 11.6. The monoisotopic (exact) mass is 340 g/mol. The average Bonchev–Trinajstić information content (AvgIpc) is 2.85. The molecule has 0 aromatic heterocycles. The van der Waals surface area contributed by atoms with Gasteiger partial charge in [-0.05, 0) is 24.7 Å². The molecule has 0 bridgehead atoms. The van der Waals surface area contributed by atoms with E-state index in [0.717, 1.165) is 36.3 Å². The molecule has 0 unspecified atom stereocenters. The van der Waals surface area contributed by atoms with Crippen molar-refractivity contribution in [3.8, 4) is 5.75 Å². The Morgan fingerprint density at radius 3 is 3.00 bits per heavy atom. The lowest BCUT2D eigenvalue weighted by Crippen LogP contribution is -2.34. The standard InChI is InChI=1S/C15H21BrN2O2/c1-10(15(19)17-2)8-18(3)9-12-7-13(16)6-11-4-5-20-14(11)12/h6-7,10H,4-5,8-9H2,1-3H3,(H,17,19)/t10-/m1/s1. The van der Waals surface area contributed by atoms with Gasteiger partial charge in [-0.3, -0.25) is 4.79 Å². The number of hydrogen-bond acceptors (Lipinski definition) is 3. The minimum atomic E-state index is -0.0221. The van der Waals surface area contributed by atoms with Crippen LogP contribution in [-0.4, -0.2) is 38.1 Å². The lowest BCUT2D eigenvalue weighted by molar-refractivity contribution is -0.124. The van der Waals surface area contributed by atoms with Crippen LogP contribution in [0.15, 0.2) is 16.6 Å². The highest BCUT2D eigenvalue weighted by Gasteiger charge is 2.20. The van der Waals surface area contributed by atoms with E-state index in [4.69, 9.17) is 4.74 Å². The first-order valence-corrected chi connectivity index (χ1v) is 7.64. The third-order valence-electron chi connectivity index (χ3n) is 3.55. The van der Waals surface area contributed by atoms with Gasteiger partial charge >= 0.3 is 0 Å². The van der Waals surface area contributed by atoms with Gasteiger partial charge in [-0.2, -0.15) is 0 Å². The Morgan fingerprint density at radius 2 is 2.30 bits per heavy atom. The minimum absolute atomic E-state index is 0.0221. The summed E-state index contributed by atoms with van der Waals surface area (Å²) in [4.78, 5) is 13.7. The number of carbonyl (C=O) groups is 1. The zero-order chi connectivity index (χ0) is 14.7. The summed E-state index contributed by atoms with van der Waals surface area (Å²) in [6, 6.07) is 4.23. The predicted molar refractivity (Wildman–Crippen MR) is 82.9 cm³/mol. The molecular weight excluding hydrogens is 320 g/mol. The van der Waals surface area contributed by atoms with E-state index >= 15 is 0 Å². The van der Waals surface area contributed by atoms with E-state index < -0.39 is 0 Å². The Hall–Kier alpha value is -1.07. The summed E-state index contributed by atoms with van der Waals surface area (Å²) >= 11 is 3.55. The lowest BCUT2D eigenvalue weighted by atomic mass is 10.1. The van der Waals surface area contributed by atoms with Crippen molar-refractivity contribution >= 4 is 21.8 Å². The first kappa shape index (κ1) is 15.3. The van der Waals surface area contributed by atoms with Gasteiger partial charge in [-0.15, -0.1) is 0 Å². The fourth-order valence-corrected chi connectivity index (χ4v) is 3.17. The van der Waals surface area contributed by atoms with Crippen molar-refractivity contribution in [3.05, 3.63) is 27.7 Å². The summed E-state index contributed by atoms with van der Waals surface area (Å²) in [5.41, 5.74) is 2.45. The number of halogens is 1. The molecule has 110 valence electrons. The third-order valence-corrected chi connectivity index (χ3v) is 4.00.